The molecule has 0 spiro atoms. The van der Waals surface area contributed by atoms with Crippen molar-refractivity contribution in [3.05, 3.63) is 78.1 Å². The molecule has 1 N–H and O–H groups in total. The van der Waals surface area contributed by atoms with Gasteiger partial charge in [-0.25, -0.2) is 5.43 Å². The van der Waals surface area contributed by atoms with E-state index < -0.39 is 0 Å². The van der Waals surface area contributed by atoms with Crippen molar-refractivity contribution in [2.24, 2.45) is 5.10 Å². The SMILES string of the molecule is CCCCCCCCCCOc1ccc(C(=O)NN=Cc2ccc(Sc3nnnn3-c3ccccc3)o2)cc1. The second-order valence-corrected chi connectivity index (χ2v) is 9.99. The third kappa shape index (κ3) is 9.10. The molecule has 0 fully saturated rings. The van der Waals surface area contributed by atoms with Crippen LogP contribution in [0.25, 0.3) is 5.69 Å². The maximum atomic E-state index is 12.4. The summed E-state index contributed by atoms with van der Waals surface area (Å²) in [5.41, 5.74) is 3.87. The van der Waals surface area contributed by atoms with Crippen LogP contribution in [0.3, 0.4) is 0 Å². The number of unbranched alkanes of at least 4 members (excludes halogenated alkanes) is 7. The van der Waals surface area contributed by atoms with Gasteiger partial charge in [0.25, 0.3) is 5.91 Å². The minimum absolute atomic E-state index is 0.316. The van der Waals surface area contributed by atoms with Gasteiger partial charge in [-0.2, -0.15) is 9.78 Å². The molecule has 2 aromatic carbocycles. The van der Waals surface area contributed by atoms with Crippen molar-refractivity contribution in [2.45, 2.75) is 68.5 Å². The zero-order valence-corrected chi connectivity index (χ0v) is 23.0. The van der Waals surface area contributed by atoms with Gasteiger partial charge < -0.3 is 9.15 Å². The van der Waals surface area contributed by atoms with Gasteiger partial charge in [0.2, 0.25) is 5.16 Å². The molecule has 0 saturated heterocycles. The van der Waals surface area contributed by atoms with Crippen molar-refractivity contribution in [3.8, 4) is 11.4 Å². The van der Waals surface area contributed by atoms with Crippen molar-refractivity contribution in [1.29, 1.82) is 0 Å². The second-order valence-electron chi connectivity index (χ2n) is 9.01. The van der Waals surface area contributed by atoms with E-state index in [-0.39, 0.29) is 5.91 Å². The summed E-state index contributed by atoms with van der Waals surface area (Å²) in [6.07, 6.45) is 11.6. The summed E-state index contributed by atoms with van der Waals surface area (Å²) in [5, 5.41) is 17.0. The lowest BCUT2D eigenvalue weighted by Gasteiger charge is -2.07. The lowest BCUT2D eigenvalue weighted by atomic mass is 10.1. The number of hydrazone groups is 1. The van der Waals surface area contributed by atoms with E-state index >= 15 is 0 Å². The summed E-state index contributed by atoms with van der Waals surface area (Å²) in [4.78, 5) is 12.4. The van der Waals surface area contributed by atoms with Gasteiger partial charge in [-0.3, -0.25) is 4.79 Å². The highest BCUT2D eigenvalue weighted by molar-refractivity contribution is 7.99. The average Bonchev–Trinajstić information content (AvgIpc) is 3.62. The van der Waals surface area contributed by atoms with E-state index in [9.17, 15) is 4.79 Å². The molecule has 0 radical (unpaired) electrons. The molecule has 2 heterocycles. The maximum absolute atomic E-state index is 12.4. The van der Waals surface area contributed by atoms with Crippen LogP contribution in [0.4, 0.5) is 0 Å². The monoisotopic (exact) mass is 546 g/mol. The van der Waals surface area contributed by atoms with E-state index in [0.717, 1.165) is 17.9 Å². The number of para-hydroxylation sites is 1. The van der Waals surface area contributed by atoms with Gasteiger partial charge in [-0.1, -0.05) is 70.1 Å². The highest BCUT2D eigenvalue weighted by atomic mass is 32.2. The van der Waals surface area contributed by atoms with E-state index in [1.54, 1.807) is 28.9 Å². The molecular formula is C29H34N6O3S. The van der Waals surface area contributed by atoms with Crippen molar-refractivity contribution in [3.63, 3.8) is 0 Å². The number of nitrogens with one attached hydrogen (secondary N) is 1. The van der Waals surface area contributed by atoms with E-state index in [0.29, 0.717) is 28.2 Å². The molecule has 1 amide bonds. The van der Waals surface area contributed by atoms with Gasteiger partial charge in [-0.05, 0) is 77.1 Å². The van der Waals surface area contributed by atoms with Gasteiger partial charge >= 0.3 is 0 Å². The van der Waals surface area contributed by atoms with Crippen LogP contribution < -0.4 is 10.2 Å². The molecule has 39 heavy (non-hydrogen) atoms. The van der Waals surface area contributed by atoms with Crippen molar-refractivity contribution in [1.82, 2.24) is 25.6 Å². The highest BCUT2D eigenvalue weighted by Gasteiger charge is 2.12. The van der Waals surface area contributed by atoms with Crippen molar-refractivity contribution >= 4 is 23.9 Å². The first-order valence-corrected chi connectivity index (χ1v) is 14.2. The van der Waals surface area contributed by atoms with Gasteiger partial charge in [0, 0.05) is 5.56 Å². The lowest BCUT2D eigenvalue weighted by molar-refractivity contribution is 0.0955. The summed E-state index contributed by atoms with van der Waals surface area (Å²) in [6.45, 7) is 2.93. The number of hydrogen-bond acceptors (Lipinski definition) is 8. The number of aromatic nitrogens is 4. The summed E-state index contributed by atoms with van der Waals surface area (Å²) in [6, 6.07) is 20.2. The Morgan fingerprint density at radius 3 is 2.49 bits per heavy atom. The number of carbonyl (C=O) groups excluding carboxylic acids is 1. The highest BCUT2D eigenvalue weighted by Crippen LogP contribution is 2.28. The number of hydrogen-bond donors (Lipinski definition) is 1. The van der Waals surface area contributed by atoms with Crippen LogP contribution in [-0.4, -0.2) is 38.9 Å². The number of amides is 1. The first kappa shape index (κ1) is 28.1. The molecule has 0 atom stereocenters. The molecule has 204 valence electrons. The minimum Gasteiger partial charge on any atom is -0.494 e. The fraction of sp³-hybridized carbons (Fsp3) is 0.345. The number of ether oxygens (including phenoxy) is 1. The molecule has 2 aromatic heterocycles. The summed E-state index contributed by atoms with van der Waals surface area (Å²) in [7, 11) is 0. The third-order valence-corrected chi connectivity index (χ3v) is 6.83. The first-order chi connectivity index (χ1) is 19.2. The van der Waals surface area contributed by atoms with Crippen LogP contribution in [-0.2, 0) is 0 Å². The second kappa shape index (κ2) is 15.5. The maximum Gasteiger partial charge on any atom is 0.271 e. The van der Waals surface area contributed by atoms with Crippen LogP contribution in [0.15, 0.2) is 86.5 Å². The standard InChI is InChI=1S/C29H34N6O3S/c1-2-3-4-5-6-7-8-12-21-37-25-17-15-23(16-18-25)28(36)31-30-22-26-19-20-27(38-26)39-29-32-33-34-35(29)24-13-10-9-11-14-24/h9-11,13-20,22H,2-8,12,21H2,1H3,(H,31,36). The third-order valence-electron chi connectivity index (χ3n) is 5.98. The van der Waals surface area contributed by atoms with Gasteiger partial charge in [0.05, 0.1) is 18.5 Å². The normalized spacial score (nSPS) is 11.2. The largest absolute Gasteiger partial charge is 0.494 e. The van der Waals surface area contributed by atoms with Crippen LogP contribution in [0.5, 0.6) is 5.75 Å². The summed E-state index contributed by atoms with van der Waals surface area (Å²) < 4.78 is 13.2. The Balaban J connectivity index is 1.17. The number of benzene rings is 2. The molecule has 0 aliphatic carbocycles. The Labute approximate surface area is 233 Å². The molecule has 0 aliphatic heterocycles. The number of tetrazole rings is 1. The van der Waals surface area contributed by atoms with Gasteiger partial charge in [0.1, 0.15) is 11.5 Å². The number of carbonyl (C=O) groups is 1. The van der Waals surface area contributed by atoms with Crippen molar-refractivity contribution in [2.75, 3.05) is 6.61 Å². The molecule has 4 aromatic rings. The van der Waals surface area contributed by atoms with Crippen LogP contribution in [0, 0.1) is 0 Å². The number of nitrogens with zero attached hydrogens (tertiary/aromatic N) is 5. The molecule has 0 bridgehead atoms. The Bertz CT molecular complexity index is 1300. The van der Waals surface area contributed by atoms with Crippen LogP contribution in [0.1, 0.15) is 74.4 Å². The predicted octanol–water partition coefficient (Wildman–Crippen LogP) is 6.69. The lowest BCUT2D eigenvalue weighted by Crippen LogP contribution is -2.17. The molecule has 0 aliphatic rings. The number of rotatable bonds is 16. The zero-order chi connectivity index (χ0) is 27.1. The summed E-state index contributed by atoms with van der Waals surface area (Å²) in [5.74, 6) is 0.933. The van der Waals surface area contributed by atoms with E-state index in [1.807, 2.05) is 42.5 Å². The topological polar surface area (TPSA) is 107 Å². The van der Waals surface area contributed by atoms with Crippen LogP contribution >= 0.6 is 11.8 Å². The molecular weight excluding hydrogens is 512 g/mol. The van der Waals surface area contributed by atoms with E-state index in [1.165, 1.54) is 62.9 Å². The molecule has 10 heteroatoms. The average molecular weight is 547 g/mol. The Morgan fingerprint density at radius 2 is 1.72 bits per heavy atom. The fourth-order valence-electron chi connectivity index (χ4n) is 3.87. The van der Waals surface area contributed by atoms with Crippen LogP contribution in [0.2, 0.25) is 0 Å². The minimum atomic E-state index is -0.316. The quantitative estimate of drug-likeness (QED) is 0.0947. The zero-order valence-electron chi connectivity index (χ0n) is 22.2. The first-order valence-electron chi connectivity index (χ1n) is 13.4. The smallest absolute Gasteiger partial charge is 0.271 e. The van der Waals surface area contributed by atoms with Gasteiger partial charge in [0.15, 0.2) is 5.09 Å². The fourth-order valence-corrected chi connectivity index (χ4v) is 4.63. The summed E-state index contributed by atoms with van der Waals surface area (Å²) >= 11 is 1.29. The number of furan rings is 1. The Hall–Kier alpha value is -3.92. The molecule has 4 rings (SSSR count). The molecule has 9 nitrogen and oxygen atoms in total. The van der Waals surface area contributed by atoms with Gasteiger partial charge in [-0.15, -0.1) is 5.10 Å². The molecule has 0 unspecified atom stereocenters. The molecule has 0 saturated carbocycles. The van der Waals surface area contributed by atoms with E-state index in [2.05, 4.69) is 33.0 Å². The van der Waals surface area contributed by atoms with E-state index in [4.69, 9.17) is 9.15 Å². The Morgan fingerprint density at radius 1 is 0.974 bits per heavy atom. The van der Waals surface area contributed by atoms with Crippen molar-refractivity contribution < 1.29 is 13.9 Å². The Kier molecular flexibility index (Phi) is 11.2. The predicted molar refractivity (Wildman–Crippen MR) is 152 cm³/mol.